The standard InChI is InChI=1S/C27H36N4O4/c1-18(2)22-13-23(24(32)14-25(22)35-27(34)28(3)4)26(33)31-16-20-7-6-19(12-21(20)17-31)15-30-10-8-29(5)9-11-30/h6-7,12-14,18,32H,8-11,15-17H2,1-5H3. The zero-order valence-electron chi connectivity index (χ0n) is 21.4. The lowest BCUT2D eigenvalue weighted by molar-refractivity contribution is 0.0748. The highest BCUT2D eigenvalue weighted by Crippen LogP contribution is 2.35. The summed E-state index contributed by atoms with van der Waals surface area (Å²) in [7, 11) is 5.34. The molecule has 188 valence electrons. The normalized spacial score (nSPS) is 16.5. The summed E-state index contributed by atoms with van der Waals surface area (Å²) in [4.78, 5) is 33.4. The summed E-state index contributed by atoms with van der Waals surface area (Å²) in [6, 6.07) is 9.53. The van der Waals surface area contributed by atoms with Crippen molar-refractivity contribution in [1.82, 2.24) is 19.6 Å². The van der Waals surface area contributed by atoms with Crippen LogP contribution >= 0.6 is 0 Å². The number of hydrogen-bond acceptors (Lipinski definition) is 6. The molecule has 2 aromatic rings. The van der Waals surface area contributed by atoms with Crippen molar-refractivity contribution in [2.45, 2.75) is 39.4 Å². The second kappa shape index (κ2) is 10.3. The van der Waals surface area contributed by atoms with Crippen molar-refractivity contribution < 1.29 is 19.4 Å². The van der Waals surface area contributed by atoms with Crippen molar-refractivity contribution in [1.29, 1.82) is 0 Å². The summed E-state index contributed by atoms with van der Waals surface area (Å²) in [5.41, 5.74) is 4.49. The maximum absolute atomic E-state index is 13.4. The number of rotatable bonds is 5. The minimum absolute atomic E-state index is 0.0000190. The first-order valence-corrected chi connectivity index (χ1v) is 12.2. The Morgan fingerprint density at radius 3 is 2.37 bits per heavy atom. The maximum atomic E-state index is 13.4. The number of nitrogens with zero attached hydrogens (tertiary/aromatic N) is 4. The first-order chi connectivity index (χ1) is 16.6. The number of carbonyl (C=O) groups excluding carboxylic acids is 2. The van der Waals surface area contributed by atoms with Crippen molar-refractivity contribution >= 4 is 12.0 Å². The van der Waals surface area contributed by atoms with Crippen LogP contribution in [0.5, 0.6) is 11.5 Å². The van der Waals surface area contributed by atoms with Gasteiger partial charge in [-0.1, -0.05) is 32.0 Å². The van der Waals surface area contributed by atoms with Gasteiger partial charge in [-0.05, 0) is 41.3 Å². The third kappa shape index (κ3) is 5.60. The van der Waals surface area contributed by atoms with Gasteiger partial charge in [-0.2, -0.15) is 0 Å². The Labute approximate surface area is 207 Å². The molecular weight excluding hydrogens is 444 g/mol. The van der Waals surface area contributed by atoms with Crippen molar-refractivity contribution in [3.63, 3.8) is 0 Å². The molecule has 0 saturated carbocycles. The third-order valence-corrected chi connectivity index (χ3v) is 6.83. The molecular formula is C27H36N4O4. The Bertz CT molecular complexity index is 1110. The molecule has 4 rings (SSSR count). The molecule has 0 bridgehead atoms. The number of likely N-dealkylation sites (N-methyl/N-ethyl adjacent to an activating group) is 1. The Morgan fingerprint density at radius 1 is 1.03 bits per heavy atom. The van der Waals surface area contributed by atoms with Gasteiger partial charge in [-0.25, -0.2) is 4.79 Å². The van der Waals surface area contributed by atoms with Crippen LogP contribution in [0.3, 0.4) is 0 Å². The minimum Gasteiger partial charge on any atom is -0.507 e. The Hall–Kier alpha value is -3.10. The monoisotopic (exact) mass is 480 g/mol. The molecule has 1 N–H and O–H groups in total. The molecule has 2 amide bonds. The van der Waals surface area contributed by atoms with Gasteiger partial charge in [0, 0.05) is 66.0 Å². The van der Waals surface area contributed by atoms with Gasteiger partial charge in [0.2, 0.25) is 0 Å². The number of benzene rings is 2. The molecule has 0 spiro atoms. The molecule has 0 unspecified atom stereocenters. The van der Waals surface area contributed by atoms with Crippen LogP contribution in [0.4, 0.5) is 4.79 Å². The summed E-state index contributed by atoms with van der Waals surface area (Å²) < 4.78 is 5.44. The smallest absolute Gasteiger partial charge is 0.414 e. The molecule has 1 fully saturated rings. The molecule has 2 aliphatic rings. The number of phenolic OH excluding ortho intramolecular Hbond substituents is 1. The fraction of sp³-hybridized carbons (Fsp3) is 0.481. The van der Waals surface area contributed by atoms with E-state index in [1.165, 1.54) is 16.5 Å². The maximum Gasteiger partial charge on any atom is 0.414 e. The lowest BCUT2D eigenvalue weighted by Gasteiger charge is -2.32. The van der Waals surface area contributed by atoms with Crippen molar-refractivity contribution in [2.24, 2.45) is 0 Å². The van der Waals surface area contributed by atoms with Gasteiger partial charge >= 0.3 is 6.09 Å². The largest absolute Gasteiger partial charge is 0.507 e. The summed E-state index contributed by atoms with van der Waals surface area (Å²) in [6.45, 7) is 10.2. The molecule has 0 aliphatic carbocycles. The van der Waals surface area contributed by atoms with E-state index in [1.807, 2.05) is 13.8 Å². The van der Waals surface area contributed by atoms with Crippen LogP contribution in [-0.4, -0.2) is 84.0 Å². The van der Waals surface area contributed by atoms with E-state index in [0.29, 0.717) is 18.7 Å². The Morgan fingerprint density at radius 2 is 1.71 bits per heavy atom. The fourth-order valence-electron chi connectivity index (χ4n) is 4.61. The average molecular weight is 481 g/mol. The molecule has 0 aromatic heterocycles. The first kappa shape index (κ1) is 25.0. The second-order valence-corrected chi connectivity index (χ2v) is 10.2. The second-order valence-electron chi connectivity index (χ2n) is 10.2. The zero-order valence-corrected chi connectivity index (χ0v) is 21.4. The number of aromatic hydroxyl groups is 1. The van der Waals surface area contributed by atoms with Gasteiger partial charge in [0.05, 0.1) is 5.56 Å². The summed E-state index contributed by atoms with van der Waals surface area (Å²) in [6.07, 6.45) is -0.534. The lowest BCUT2D eigenvalue weighted by Crippen LogP contribution is -2.43. The van der Waals surface area contributed by atoms with Crippen LogP contribution in [0.15, 0.2) is 30.3 Å². The SMILES string of the molecule is CC(C)c1cc(C(=O)N2Cc3ccc(CN4CCN(C)CC4)cc3C2)c(O)cc1OC(=O)N(C)C. The highest BCUT2D eigenvalue weighted by Gasteiger charge is 2.28. The van der Waals surface area contributed by atoms with Gasteiger partial charge in [0.1, 0.15) is 11.5 Å². The van der Waals surface area contributed by atoms with Crippen molar-refractivity contribution in [2.75, 3.05) is 47.3 Å². The number of amides is 2. The molecule has 8 heteroatoms. The summed E-state index contributed by atoms with van der Waals surface area (Å²) in [5.74, 6) is -0.148. The quantitative estimate of drug-likeness (QED) is 0.706. The highest BCUT2D eigenvalue weighted by molar-refractivity contribution is 5.97. The van der Waals surface area contributed by atoms with Gasteiger partial charge in [0.15, 0.2) is 0 Å². The van der Waals surface area contributed by atoms with Crippen LogP contribution in [-0.2, 0) is 19.6 Å². The molecule has 35 heavy (non-hydrogen) atoms. The van der Waals surface area contributed by atoms with Crippen LogP contribution in [0.2, 0.25) is 0 Å². The zero-order chi connectivity index (χ0) is 25.3. The van der Waals surface area contributed by atoms with E-state index in [2.05, 4.69) is 35.0 Å². The molecule has 2 aliphatic heterocycles. The van der Waals surface area contributed by atoms with E-state index in [9.17, 15) is 14.7 Å². The van der Waals surface area contributed by atoms with Crippen LogP contribution in [0.25, 0.3) is 0 Å². The Balaban J connectivity index is 1.49. The van der Waals surface area contributed by atoms with Crippen LogP contribution in [0, 0.1) is 0 Å². The van der Waals surface area contributed by atoms with Gasteiger partial charge in [-0.3, -0.25) is 9.69 Å². The highest BCUT2D eigenvalue weighted by atomic mass is 16.6. The number of piperazine rings is 1. The molecule has 0 atom stereocenters. The third-order valence-electron chi connectivity index (χ3n) is 6.83. The van der Waals surface area contributed by atoms with E-state index >= 15 is 0 Å². The van der Waals surface area contributed by atoms with E-state index in [0.717, 1.165) is 43.9 Å². The van der Waals surface area contributed by atoms with E-state index in [1.54, 1.807) is 25.1 Å². The van der Waals surface area contributed by atoms with E-state index < -0.39 is 6.09 Å². The van der Waals surface area contributed by atoms with Gasteiger partial charge in [-0.15, -0.1) is 0 Å². The molecule has 2 aromatic carbocycles. The molecule has 8 nitrogen and oxygen atoms in total. The first-order valence-electron chi connectivity index (χ1n) is 12.2. The van der Waals surface area contributed by atoms with Gasteiger partial charge in [0.25, 0.3) is 5.91 Å². The summed E-state index contributed by atoms with van der Waals surface area (Å²) >= 11 is 0. The average Bonchev–Trinajstić information content (AvgIpc) is 3.23. The fourth-order valence-corrected chi connectivity index (χ4v) is 4.61. The number of fused-ring (bicyclic) bond motifs is 1. The number of carbonyl (C=O) groups is 2. The predicted molar refractivity (Wildman–Crippen MR) is 135 cm³/mol. The van der Waals surface area contributed by atoms with Crippen LogP contribution in [0.1, 0.15) is 52.4 Å². The number of hydrogen-bond donors (Lipinski definition) is 1. The lowest BCUT2D eigenvalue weighted by atomic mass is 9.98. The molecule has 1 saturated heterocycles. The number of phenols is 1. The topological polar surface area (TPSA) is 76.6 Å². The molecule has 2 heterocycles. The summed E-state index contributed by atoms with van der Waals surface area (Å²) in [5, 5.41) is 10.7. The van der Waals surface area contributed by atoms with E-state index in [4.69, 9.17) is 4.74 Å². The number of ether oxygens (including phenoxy) is 1. The van der Waals surface area contributed by atoms with E-state index in [-0.39, 0.29) is 28.9 Å². The minimum atomic E-state index is -0.534. The Kier molecular flexibility index (Phi) is 7.33. The van der Waals surface area contributed by atoms with Crippen molar-refractivity contribution in [3.05, 3.63) is 58.1 Å². The molecule has 0 radical (unpaired) electrons. The van der Waals surface area contributed by atoms with Gasteiger partial charge < -0.3 is 24.5 Å². The van der Waals surface area contributed by atoms with Crippen LogP contribution < -0.4 is 4.74 Å². The van der Waals surface area contributed by atoms with Crippen molar-refractivity contribution in [3.8, 4) is 11.5 Å². The predicted octanol–water partition coefficient (Wildman–Crippen LogP) is 3.48.